The van der Waals surface area contributed by atoms with Gasteiger partial charge in [-0.05, 0) is 27.2 Å². The van der Waals surface area contributed by atoms with Gasteiger partial charge in [-0.1, -0.05) is 6.92 Å². The van der Waals surface area contributed by atoms with Gasteiger partial charge in [-0.25, -0.2) is 9.59 Å². The third-order valence-corrected chi connectivity index (χ3v) is 3.60. The fourth-order valence-corrected chi connectivity index (χ4v) is 2.26. The molecule has 118 valence electrons. The Kier molecular flexibility index (Phi) is 8.64. The first kappa shape index (κ1) is 19.1. The van der Waals surface area contributed by atoms with Crippen LogP contribution < -0.4 is 5.32 Å². The minimum atomic E-state index is -1.07. The molecule has 0 saturated carbocycles. The number of carboxylic acids is 1. The molecule has 0 fully saturated rings. The minimum Gasteiger partial charge on any atom is -0.480 e. The van der Waals surface area contributed by atoms with Gasteiger partial charge in [-0.2, -0.15) is 11.8 Å². The second kappa shape index (κ2) is 9.07. The molecule has 0 aliphatic carbocycles. The Balaban J connectivity index is 4.24. The van der Waals surface area contributed by atoms with Crippen LogP contribution in [0.15, 0.2) is 0 Å². The molecule has 0 aromatic heterocycles. The standard InChI is InChI=1S/C13H25NO5S/c1-9(6-7-18-5)20-8-10(11(15)16)14-12(17)19-13(2,3)4/h9-10H,6-8H2,1-5H3,(H,14,17)(H,15,16). The lowest BCUT2D eigenvalue weighted by Crippen LogP contribution is -2.45. The highest BCUT2D eigenvalue weighted by molar-refractivity contribution is 7.99. The predicted molar refractivity (Wildman–Crippen MR) is 79.2 cm³/mol. The molecule has 2 N–H and O–H groups in total. The van der Waals surface area contributed by atoms with E-state index in [4.69, 9.17) is 14.6 Å². The number of carboxylic acid groups (broad SMARTS) is 1. The number of nitrogens with one attached hydrogen (secondary N) is 1. The summed E-state index contributed by atoms with van der Waals surface area (Å²) in [6, 6.07) is -0.958. The molecule has 0 rings (SSSR count). The predicted octanol–water partition coefficient (Wildman–Crippen LogP) is 2.12. The van der Waals surface area contributed by atoms with Gasteiger partial charge in [0.15, 0.2) is 0 Å². The van der Waals surface area contributed by atoms with Crippen molar-refractivity contribution in [2.45, 2.75) is 51.0 Å². The van der Waals surface area contributed by atoms with Gasteiger partial charge in [0.1, 0.15) is 11.6 Å². The first-order chi connectivity index (χ1) is 9.15. The van der Waals surface area contributed by atoms with E-state index >= 15 is 0 Å². The second-order valence-corrected chi connectivity index (χ2v) is 6.93. The van der Waals surface area contributed by atoms with Gasteiger partial charge in [-0.15, -0.1) is 0 Å². The van der Waals surface area contributed by atoms with Gasteiger partial charge in [-0.3, -0.25) is 0 Å². The maximum absolute atomic E-state index is 11.6. The number of carbonyl (C=O) groups excluding carboxylic acids is 1. The largest absolute Gasteiger partial charge is 0.480 e. The van der Waals surface area contributed by atoms with E-state index in [0.717, 1.165) is 6.42 Å². The molecule has 0 aliphatic rings. The van der Waals surface area contributed by atoms with Crippen LogP contribution in [0.1, 0.15) is 34.1 Å². The zero-order valence-electron chi connectivity index (χ0n) is 12.8. The van der Waals surface area contributed by atoms with Crippen molar-refractivity contribution >= 4 is 23.8 Å². The average Bonchev–Trinajstić information content (AvgIpc) is 2.29. The number of ether oxygens (including phenoxy) is 2. The van der Waals surface area contributed by atoms with E-state index in [-0.39, 0.29) is 5.25 Å². The van der Waals surface area contributed by atoms with Crippen molar-refractivity contribution in [2.24, 2.45) is 0 Å². The second-order valence-electron chi connectivity index (χ2n) is 5.46. The summed E-state index contributed by atoms with van der Waals surface area (Å²) in [7, 11) is 1.63. The van der Waals surface area contributed by atoms with Crippen molar-refractivity contribution in [1.82, 2.24) is 5.32 Å². The summed E-state index contributed by atoms with van der Waals surface area (Å²) >= 11 is 1.48. The zero-order valence-corrected chi connectivity index (χ0v) is 13.6. The van der Waals surface area contributed by atoms with Crippen LogP contribution in [-0.2, 0) is 14.3 Å². The lowest BCUT2D eigenvalue weighted by Gasteiger charge is -2.22. The van der Waals surface area contributed by atoms with Crippen molar-refractivity contribution in [3.8, 4) is 0 Å². The smallest absolute Gasteiger partial charge is 0.408 e. The van der Waals surface area contributed by atoms with Crippen LogP contribution >= 0.6 is 11.8 Å². The lowest BCUT2D eigenvalue weighted by atomic mass is 10.2. The van der Waals surface area contributed by atoms with E-state index in [2.05, 4.69) is 5.32 Å². The van der Waals surface area contributed by atoms with Crippen LogP contribution in [0.2, 0.25) is 0 Å². The first-order valence-corrected chi connectivity index (χ1v) is 7.53. The first-order valence-electron chi connectivity index (χ1n) is 6.48. The molecule has 0 bridgehead atoms. The SMILES string of the molecule is COCCC(C)SCC(NC(=O)OC(C)(C)C)C(=O)O. The third-order valence-electron chi connectivity index (χ3n) is 2.26. The van der Waals surface area contributed by atoms with Crippen LogP contribution in [0, 0.1) is 0 Å². The molecular formula is C13H25NO5S. The molecular weight excluding hydrogens is 282 g/mol. The summed E-state index contributed by atoms with van der Waals surface area (Å²) in [5, 5.41) is 11.7. The Bertz CT molecular complexity index is 316. The molecule has 2 unspecified atom stereocenters. The van der Waals surface area contributed by atoms with Crippen LogP contribution in [0.3, 0.4) is 0 Å². The van der Waals surface area contributed by atoms with Crippen LogP contribution in [-0.4, -0.2) is 53.5 Å². The monoisotopic (exact) mass is 307 g/mol. The van der Waals surface area contributed by atoms with Gasteiger partial charge in [0.2, 0.25) is 0 Å². The highest BCUT2D eigenvalue weighted by atomic mass is 32.2. The number of hydrogen-bond acceptors (Lipinski definition) is 5. The van der Waals surface area contributed by atoms with Crippen LogP contribution in [0.5, 0.6) is 0 Å². The summed E-state index contributed by atoms with van der Waals surface area (Å²) in [4.78, 5) is 22.7. The molecule has 0 aromatic rings. The fraction of sp³-hybridized carbons (Fsp3) is 0.846. The molecule has 20 heavy (non-hydrogen) atoms. The number of alkyl carbamates (subject to hydrolysis) is 1. The van der Waals surface area contributed by atoms with Crippen LogP contribution in [0.25, 0.3) is 0 Å². The Morgan fingerprint density at radius 3 is 2.40 bits per heavy atom. The van der Waals surface area contributed by atoms with Crippen molar-refractivity contribution in [3.05, 3.63) is 0 Å². The number of amides is 1. The molecule has 0 spiro atoms. The highest BCUT2D eigenvalue weighted by Crippen LogP contribution is 2.16. The van der Waals surface area contributed by atoms with E-state index in [9.17, 15) is 9.59 Å². The minimum absolute atomic E-state index is 0.261. The summed E-state index contributed by atoms with van der Waals surface area (Å²) in [5.41, 5.74) is -0.647. The Morgan fingerprint density at radius 1 is 1.35 bits per heavy atom. The molecule has 0 aromatic carbocycles. The third kappa shape index (κ3) is 9.91. The van der Waals surface area contributed by atoms with E-state index in [1.54, 1.807) is 27.9 Å². The van der Waals surface area contributed by atoms with Gasteiger partial charge in [0.05, 0.1) is 0 Å². The molecule has 0 saturated heterocycles. The molecule has 0 aliphatic heterocycles. The fourth-order valence-electron chi connectivity index (χ4n) is 1.25. The number of carbonyl (C=O) groups is 2. The summed E-state index contributed by atoms with van der Waals surface area (Å²) in [6.07, 6.45) is 0.120. The number of thioether (sulfide) groups is 1. The molecule has 0 radical (unpaired) electrons. The average molecular weight is 307 g/mol. The maximum Gasteiger partial charge on any atom is 0.408 e. The molecule has 1 amide bonds. The van der Waals surface area contributed by atoms with E-state index in [0.29, 0.717) is 12.4 Å². The van der Waals surface area contributed by atoms with E-state index < -0.39 is 23.7 Å². The topological polar surface area (TPSA) is 84.9 Å². The highest BCUT2D eigenvalue weighted by Gasteiger charge is 2.24. The van der Waals surface area contributed by atoms with Crippen molar-refractivity contribution in [2.75, 3.05) is 19.5 Å². The Morgan fingerprint density at radius 2 is 1.95 bits per heavy atom. The van der Waals surface area contributed by atoms with Crippen molar-refractivity contribution in [1.29, 1.82) is 0 Å². The van der Waals surface area contributed by atoms with Crippen LogP contribution in [0.4, 0.5) is 4.79 Å². The zero-order chi connectivity index (χ0) is 15.8. The van der Waals surface area contributed by atoms with Crippen molar-refractivity contribution < 1.29 is 24.2 Å². The van der Waals surface area contributed by atoms with Gasteiger partial charge < -0.3 is 19.9 Å². The molecule has 7 heteroatoms. The summed E-state index contributed by atoms with van der Waals surface area (Å²) in [6.45, 7) is 7.80. The van der Waals surface area contributed by atoms with E-state index in [1.165, 1.54) is 11.8 Å². The Hall–Kier alpha value is -0.950. The lowest BCUT2D eigenvalue weighted by molar-refractivity contribution is -0.138. The van der Waals surface area contributed by atoms with Gasteiger partial charge >= 0.3 is 12.1 Å². The van der Waals surface area contributed by atoms with Crippen molar-refractivity contribution in [3.63, 3.8) is 0 Å². The molecule has 2 atom stereocenters. The normalized spacial score (nSPS) is 14.4. The maximum atomic E-state index is 11.6. The molecule has 6 nitrogen and oxygen atoms in total. The number of methoxy groups -OCH3 is 1. The summed E-state index contributed by atoms with van der Waals surface area (Å²) < 4.78 is 10.0. The number of hydrogen-bond donors (Lipinski definition) is 2. The number of rotatable bonds is 8. The molecule has 0 heterocycles. The number of aliphatic carboxylic acids is 1. The quantitative estimate of drug-likeness (QED) is 0.714. The van der Waals surface area contributed by atoms with Gasteiger partial charge in [0.25, 0.3) is 0 Å². The van der Waals surface area contributed by atoms with Gasteiger partial charge in [0, 0.05) is 24.7 Å². The summed E-state index contributed by atoms with van der Waals surface area (Å²) in [5.74, 6) is -0.776. The Labute approximate surface area is 124 Å². The van der Waals surface area contributed by atoms with E-state index in [1.807, 2.05) is 6.92 Å².